The lowest BCUT2D eigenvalue weighted by molar-refractivity contribution is -0.384. The van der Waals surface area contributed by atoms with Crippen molar-refractivity contribution >= 4 is 23.0 Å². The first-order chi connectivity index (χ1) is 8.08. The zero-order valence-electron chi connectivity index (χ0n) is 10.1. The molecule has 94 valence electrons. The van der Waals surface area contributed by atoms with Gasteiger partial charge in [-0.05, 0) is 25.0 Å². The van der Waals surface area contributed by atoms with E-state index in [9.17, 15) is 10.1 Å². The Morgan fingerprint density at radius 1 is 1.47 bits per heavy atom. The number of halogens is 1. The molecule has 0 saturated carbocycles. The second-order valence-electron chi connectivity index (χ2n) is 3.96. The first-order valence-corrected chi connectivity index (χ1v) is 6.16. The van der Waals surface area contributed by atoms with Gasteiger partial charge in [-0.25, -0.2) is 0 Å². The molecule has 0 bridgehead atoms. The molecule has 1 N–H and O–H groups in total. The van der Waals surface area contributed by atoms with Gasteiger partial charge in [0.1, 0.15) is 5.02 Å². The monoisotopic (exact) mass is 256 g/mol. The largest absolute Gasteiger partial charge is 0.382 e. The summed E-state index contributed by atoms with van der Waals surface area (Å²) in [6.07, 6.45) is 3.19. The first-order valence-electron chi connectivity index (χ1n) is 5.79. The predicted molar refractivity (Wildman–Crippen MR) is 70.7 cm³/mol. The van der Waals surface area contributed by atoms with Gasteiger partial charge in [-0.1, -0.05) is 31.9 Å². The Bertz CT molecular complexity index is 396. The van der Waals surface area contributed by atoms with Crippen molar-refractivity contribution in [3.63, 3.8) is 0 Å². The third-order valence-corrected chi connectivity index (χ3v) is 2.95. The number of nitro groups is 1. The summed E-state index contributed by atoms with van der Waals surface area (Å²) in [5.74, 6) is 0. The molecule has 1 rings (SSSR count). The summed E-state index contributed by atoms with van der Waals surface area (Å²) >= 11 is 5.85. The molecule has 1 aromatic carbocycles. The molecular formula is C12H17ClN2O2. The van der Waals surface area contributed by atoms with Crippen LogP contribution in [-0.4, -0.2) is 11.0 Å². The van der Waals surface area contributed by atoms with E-state index >= 15 is 0 Å². The summed E-state index contributed by atoms with van der Waals surface area (Å²) in [4.78, 5) is 10.1. The molecule has 4 nitrogen and oxygen atoms in total. The number of hydrogen-bond acceptors (Lipinski definition) is 3. The van der Waals surface area contributed by atoms with Crippen LogP contribution < -0.4 is 5.32 Å². The van der Waals surface area contributed by atoms with Gasteiger partial charge in [-0.15, -0.1) is 0 Å². The maximum Gasteiger partial charge on any atom is 0.288 e. The van der Waals surface area contributed by atoms with E-state index in [0.29, 0.717) is 6.04 Å². The Labute approximate surface area is 106 Å². The normalized spacial score (nSPS) is 12.2. The highest BCUT2D eigenvalue weighted by Gasteiger charge is 2.13. The number of nitrogens with zero attached hydrogens (tertiary/aromatic N) is 1. The van der Waals surface area contributed by atoms with Crippen LogP contribution in [-0.2, 0) is 0 Å². The van der Waals surface area contributed by atoms with Gasteiger partial charge in [0.2, 0.25) is 0 Å². The van der Waals surface area contributed by atoms with Crippen molar-refractivity contribution in [1.29, 1.82) is 0 Å². The van der Waals surface area contributed by atoms with E-state index in [1.165, 1.54) is 6.07 Å². The molecule has 0 saturated heterocycles. The van der Waals surface area contributed by atoms with E-state index in [4.69, 9.17) is 11.6 Å². The molecule has 0 aliphatic carbocycles. The first kappa shape index (κ1) is 13.8. The summed E-state index contributed by atoms with van der Waals surface area (Å²) in [7, 11) is 0. The zero-order valence-corrected chi connectivity index (χ0v) is 10.8. The van der Waals surface area contributed by atoms with Crippen molar-refractivity contribution in [2.24, 2.45) is 0 Å². The number of nitrogens with one attached hydrogen (secondary N) is 1. The summed E-state index contributed by atoms with van der Waals surface area (Å²) < 4.78 is 0. The van der Waals surface area contributed by atoms with E-state index < -0.39 is 4.92 Å². The van der Waals surface area contributed by atoms with E-state index in [2.05, 4.69) is 19.2 Å². The molecule has 0 heterocycles. The summed E-state index contributed by atoms with van der Waals surface area (Å²) in [5.41, 5.74) is 0.779. The van der Waals surface area contributed by atoms with Crippen LogP contribution in [0.15, 0.2) is 18.2 Å². The third-order valence-electron chi connectivity index (χ3n) is 2.65. The lowest BCUT2D eigenvalue weighted by Gasteiger charge is -2.17. The van der Waals surface area contributed by atoms with Gasteiger partial charge in [-0.2, -0.15) is 0 Å². The zero-order chi connectivity index (χ0) is 12.8. The quantitative estimate of drug-likeness (QED) is 0.612. The molecular weight excluding hydrogens is 240 g/mol. The van der Waals surface area contributed by atoms with Gasteiger partial charge >= 0.3 is 0 Å². The van der Waals surface area contributed by atoms with Gasteiger partial charge in [0.05, 0.1) is 4.92 Å². The van der Waals surface area contributed by atoms with Crippen molar-refractivity contribution in [1.82, 2.24) is 0 Å². The maximum atomic E-state index is 10.6. The van der Waals surface area contributed by atoms with Crippen LogP contribution in [0, 0.1) is 10.1 Å². The minimum Gasteiger partial charge on any atom is -0.382 e. The molecule has 1 unspecified atom stereocenters. The standard InChI is InChI=1S/C12H17ClN2O2/c1-3-5-9(4-2)14-10-6-7-12(15(16)17)11(13)8-10/h6-9,14H,3-5H2,1-2H3. The van der Waals surface area contributed by atoms with Crippen molar-refractivity contribution in [3.05, 3.63) is 33.3 Å². The minimum atomic E-state index is -0.477. The Morgan fingerprint density at radius 3 is 2.65 bits per heavy atom. The Morgan fingerprint density at radius 2 is 2.18 bits per heavy atom. The fraction of sp³-hybridized carbons (Fsp3) is 0.500. The fourth-order valence-corrected chi connectivity index (χ4v) is 1.96. The van der Waals surface area contributed by atoms with Crippen LogP contribution >= 0.6 is 11.6 Å². The van der Waals surface area contributed by atoms with Crippen molar-refractivity contribution in [2.45, 2.75) is 39.2 Å². The molecule has 0 aliphatic rings. The molecule has 0 spiro atoms. The molecule has 0 amide bonds. The van der Waals surface area contributed by atoms with Crippen LogP contribution in [0.1, 0.15) is 33.1 Å². The van der Waals surface area contributed by atoms with Crippen molar-refractivity contribution < 1.29 is 4.92 Å². The van der Waals surface area contributed by atoms with Crippen LogP contribution in [0.4, 0.5) is 11.4 Å². The van der Waals surface area contributed by atoms with E-state index in [-0.39, 0.29) is 10.7 Å². The molecule has 1 aromatic rings. The molecule has 0 aromatic heterocycles. The predicted octanol–water partition coefficient (Wildman–Crippen LogP) is 4.24. The molecule has 0 radical (unpaired) electrons. The van der Waals surface area contributed by atoms with Crippen LogP contribution in [0.5, 0.6) is 0 Å². The summed E-state index contributed by atoms with van der Waals surface area (Å²) in [6.45, 7) is 4.24. The minimum absolute atomic E-state index is 0.0549. The van der Waals surface area contributed by atoms with Gasteiger partial charge in [0, 0.05) is 17.8 Å². The SMILES string of the molecule is CCCC(CC)Nc1ccc([N+](=O)[O-])c(Cl)c1. The average molecular weight is 257 g/mol. The topological polar surface area (TPSA) is 55.2 Å². The smallest absolute Gasteiger partial charge is 0.288 e. The Hall–Kier alpha value is -1.29. The molecule has 5 heteroatoms. The van der Waals surface area contributed by atoms with Gasteiger partial charge in [0.15, 0.2) is 0 Å². The Kier molecular flexibility index (Phi) is 5.22. The highest BCUT2D eigenvalue weighted by atomic mass is 35.5. The fourth-order valence-electron chi connectivity index (χ4n) is 1.71. The second kappa shape index (κ2) is 6.45. The highest BCUT2D eigenvalue weighted by molar-refractivity contribution is 6.32. The molecule has 0 fully saturated rings. The van der Waals surface area contributed by atoms with Crippen molar-refractivity contribution in [2.75, 3.05) is 5.32 Å². The van der Waals surface area contributed by atoms with Crippen LogP contribution in [0.3, 0.4) is 0 Å². The molecule has 17 heavy (non-hydrogen) atoms. The highest BCUT2D eigenvalue weighted by Crippen LogP contribution is 2.27. The molecule has 1 atom stereocenters. The van der Waals surface area contributed by atoms with Gasteiger partial charge in [0.25, 0.3) is 5.69 Å². The number of hydrogen-bond donors (Lipinski definition) is 1. The lowest BCUT2D eigenvalue weighted by atomic mass is 10.1. The third kappa shape index (κ3) is 3.89. The maximum absolute atomic E-state index is 10.6. The summed E-state index contributed by atoms with van der Waals surface area (Å²) in [6, 6.07) is 5.13. The van der Waals surface area contributed by atoms with Crippen LogP contribution in [0.25, 0.3) is 0 Å². The van der Waals surface area contributed by atoms with Gasteiger partial charge < -0.3 is 5.32 Å². The van der Waals surface area contributed by atoms with Gasteiger partial charge in [-0.3, -0.25) is 10.1 Å². The van der Waals surface area contributed by atoms with E-state index in [0.717, 1.165) is 24.9 Å². The second-order valence-corrected chi connectivity index (χ2v) is 4.37. The molecule has 0 aliphatic heterocycles. The van der Waals surface area contributed by atoms with E-state index in [1.807, 2.05) is 0 Å². The number of anilines is 1. The Balaban J connectivity index is 2.79. The van der Waals surface area contributed by atoms with Crippen molar-refractivity contribution in [3.8, 4) is 0 Å². The lowest BCUT2D eigenvalue weighted by Crippen LogP contribution is -2.17. The summed E-state index contributed by atoms with van der Waals surface area (Å²) in [5, 5.41) is 14.1. The van der Waals surface area contributed by atoms with E-state index in [1.54, 1.807) is 12.1 Å². The van der Waals surface area contributed by atoms with Crippen LogP contribution in [0.2, 0.25) is 5.02 Å². The number of rotatable bonds is 6. The average Bonchev–Trinajstić information content (AvgIpc) is 2.28. The number of benzene rings is 1. The number of nitro benzene ring substituents is 1.